The monoisotopic (exact) mass is 258 g/mol. The molecular weight excluding hydrogens is 244 g/mol. The van der Waals surface area contributed by atoms with Crippen LogP contribution in [0.25, 0.3) is 0 Å². The second kappa shape index (κ2) is 5.34. The Bertz CT molecular complexity index is 601. The molecule has 2 amide bonds. The molecule has 0 saturated heterocycles. The highest BCUT2D eigenvalue weighted by Gasteiger charge is 2.08. The summed E-state index contributed by atoms with van der Waals surface area (Å²) in [5, 5.41) is 9.39. The fourth-order valence-corrected chi connectivity index (χ4v) is 1.57. The third-order valence-electron chi connectivity index (χ3n) is 2.41. The van der Waals surface area contributed by atoms with E-state index in [4.69, 9.17) is 0 Å². The molecule has 0 aliphatic heterocycles. The summed E-state index contributed by atoms with van der Waals surface area (Å²) < 4.78 is 1.56. The van der Waals surface area contributed by atoms with Crippen molar-refractivity contribution in [3.05, 3.63) is 42.2 Å². The fraction of sp³-hybridized carbons (Fsp3) is 0.154. The molecule has 0 aliphatic rings. The van der Waals surface area contributed by atoms with Gasteiger partial charge in [0.15, 0.2) is 5.69 Å². The minimum absolute atomic E-state index is 0.134. The van der Waals surface area contributed by atoms with Crippen LogP contribution in [0, 0.1) is 0 Å². The highest BCUT2D eigenvalue weighted by atomic mass is 16.2. The molecule has 98 valence electrons. The van der Waals surface area contributed by atoms with Crippen LogP contribution in [0.1, 0.15) is 17.4 Å². The molecule has 0 bridgehead atoms. The average molecular weight is 258 g/mol. The van der Waals surface area contributed by atoms with Gasteiger partial charge in [0.25, 0.3) is 5.91 Å². The summed E-state index contributed by atoms with van der Waals surface area (Å²) in [5.74, 6) is -0.404. The van der Waals surface area contributed by atoms with Gasteiger partial charge >= 0.3 is 0 Å². The van der Waals surface area contributed by atoms with Gasteiger partial charge in [-0.1, -0.05) is 0 Å². The molecule has 19 heavy (non-hydrogen) atoms. The molecule has 2 aromatic rings. The number of hydrogen-bond donors (Lipinski definition) is 2. The minimum atomic E-state index is -0.270. The zero-order valence-electron chi connectivity index (χ0n) is 10.7. The maximum Gasteiger partial charge on any atom is 0.276 e. The summed E-state index contributed by atoms with van der Waals surface area (Å²) >= 11 is 0. The smallest absolute Gasteiger partial charge is 0.276 e. The zero-order valence-corrected chi connectivity index (χ0v) is 10.7. The number of anilines is 2. The molecule has 0 atom stereocenters. The summed E-state index contributed by atoms with van der Waals surface area (Å²) in [6.07, 6.45) is 1.70. The molecule has 0 radical (unpaired) electrons. The van der Waals surface area contributed by atoms with E-state index in [9.17, 15) is 9.59 Å². The number of benzene rings is 1. The molecular formula is C13H14N4O2. The molecule has 1 aromatic heterocycles. The number of amides is 2. The standard InChI is InChI=1S/C13H14N4O2/c1-9(18)14-10-3-5-11(6-4-10)15-13(19)12-7-8-17(2)16-12/h3-8H,1-2H3,(H,14,18)(H,15,19). The van der Waals surface area contributed by atoms with E-state index >= 15 is 0 Å². The van der Waals surface area contributed by atoms with Gasteiger partial charge in [0.05, 0.1) is 0 Å². The molecule has 0 spiro atoms. The van der Waals surface area contributed by atoms with Gasteiger partial charge < -0.3 is 10.6 Å². The Morgan fingerprint density at radius 2 is 1.63 bits per heavy atom. The Balaban J connectivity index is 2.03. The Morgan fingerprint density at radius 3 is 2.11 bits per heavy atom. The normalized spacial score (nSPS) is 10.0. The van der Waals surface area contributed by atoms with Crippen LogP contribution >= 0.6 is 0 Å². The number of rotatable bonds is 3. The molecule has 6 nitrogen and oxygen atoms in total. The maximum absolute atomic E-state index is 11.8. The molecule has 2 rings (SSSR count). The molecule has 6 heteroatoms. The Hall–Kier alpha value is -2.63. The van der Waals surface area contributed by atoms with E-state index in [0.29, 0.717) is 17.1 Å². The van der Waals surface area contributed by atoms with Gasteiger partial charge in [0.2, 0.25) is 5.91 Å². The van der Waals surface area contributed by atoms with Crippen LogP contribution in [-0.2, 0) is 11.8 Å². The van der Waals surface area contributed by atoms with Crippen LogP contribution in [-0.4, -0.2) is 21.6 Å². The SMILES string of the molecule is CC(=O)Nc1ccc(NC(=O)c2ccn(C)n2)cc1. The summed E-state index contributed by atoms with van der Waals surface area (Å²) in [4.78, 5) is 22.7. The van der Waals surface area contributed by atoms with Gasteiger partial charge in [-0.05, 0) is 30.3 Å². The number of nitrogens with zero attached hydrogens (tertiary/aromatic N) is 2. The van der Waals surface area contributed by atoms with Crippen LogP contribution in [0.4, 0.5) is 11.4 Å². The van der Waals surface area contributed by atoms with Gasteiger partial charge in [-0.3, -0.25) is 14.3 Å². The van der Waals surface area contributed by atoms with E-state index in [0.717, 1.165) is 0 Å². The van der Waals surface area contributed by atoms with Crippen molar-refractivity contribution < 1.29 is 9.59 Å². The summed E-state index contributed by atoms with van der Waals surface area (Å²) in [5.41, 5.74) is 1.68. The van der Waals surface area contributed by atoms with Crippen molar-refractivity contribution in [3.8, 4) is 0 Å². The number of aryl methyl sites for hydroxylation is 1. The van der Waals surface area contributed by atoms with Crippen LogP contribution in [0.2, 0.25) is 0 Å². The lowest BCUT2D eigenvalue weighted by Gasteiger charge is -2.05. The van der Waals surface area contributed by atoms with Gasteiger partial charge in [-0.2, -0.15) is 5.10 Å². The minimum Gasteiger partial charge on any atom is -0.326 e. The first-order valence-electron chi connectivity index (χ1n) is 5.73. The van der Waals surface area contributed by atoms with E-state index < -0.39 is 0 Å². The molecule has 0 saturated carbocycles. The molecule has 0 fully saturated rings. The third-order valence-corrected chi connectivity index (χ3v) is 2.41. The molecule has 0 unspecified atom stereocenters. The summed E-state index contributed by atoms with van der Waals surface area (Å²) in [6.45, 7) is 1.44. The van der Waals surface area contributed by atoms with Crippen LogP contribution in [0.3, 0.4) is 0 Å². The summed E-state index contributed by atoms with van der Waals surface area (Å²) in [6, 6.07) is 8.50. The van der Waals surface area contributed by atoms with E-state index in [-0.39, 0.29) is 11.8 Å². The first-order valence-corrected chi connectivity index (χ1v) is 5.73. The van der Waals surface area contributed by atoms with Crippen molar-refractivity contribution in [3.63, 3.8) is 0 Å². The fourth-order valence-electron chi connectivity index (χ4n) is 1.57. The van der Waals surface area contributed by atoms with Crippen LogP contribution < -0.4 is 10.6 Å². The quantitative estimate of drug-likeness (QED) is 0.878. The first-order chi connectivity index (χ1) is 9.04. The van der Waals surface area contributed by atoms with Crippen molar-refractivity contribution in [2.45, 2.75) is 6.92 Å². The average Bonchev–Trinajstić information content (AvgIpc) is 2.78. The van der Waals surface area contributed by atoms with Crippen molar-refractivity contribution in [1.29, 1.82) is 0 Å². The van der Waals surface area contributed by atoms with Crippen molar-refractivity contribution in [1.82, 2.24) is 9.78 Å². The lowest BCUT2D eigenvalue weighted by atomic mass is 10.2. The van der Waals surface area contributed by atoms with E-state index in [1.807, 2.05) is 0 Å². The zero-order chi connectivity index (χ0) is 13.8. The van der Waals surface area contributed by atoms with Gasteiger partial charge in [-0.25, -0.2) is 0 Å². The Morgan fingerprint density at radius 1 is 1.05 bits per heavy atom. The molecule has 0 aliphatic carbocycles. The molecule has 1 heterocycles. The Labute approximate surface area is 110 Å². The lowest BCUT2D eigenvalue weighted by Crippen LogP contribution is -2.13. The van der Waals surface area contributed by atoms with Crippen molar-refractivity contribution >= 4 is 23.2 Å². The van der Waals surface area contributed by atoms with Gasteiger partial charge in [0, 0.05) is 31.5 Å². The Kier molecular flexibility index (Phi) is 3.61. The first kappa shape index (κ1) is 12.8. The van der Waals surface area contributed by atoms with Crippen LogP contribution in [0.15, 0.2) is 36.5 Å². The highest BCUT2D eigenvalue weighted by Crippen LogP contribution is 2.14. The van der Waals surface area contributed by atoms with Gasteiger partial charge in [0.1, 0.15) is 0 Å². The van der Waals surface area contributed by atoms with Crippen molar-refractivity contribution in [2.75, 3.05) is 10.6 Å². The van der Waals surface area contributed by atoms with Crippen molar-refractivity contribution in [2.24, 2.45) is 7.05 Å². The molecule has 1 aromatic carbocycles. The highest BCUT2D eigenvalue weighted by molar-refractivity contribution is 6.02. The number of carbonyl (C=O) groups excluding carboxylic acids is 2. The number of aromatic nitrogens is 2. The van der Waals surface area contributed by atoms with Crippen LogP contribution in [0.5, 0.6) is 0 Å². The largest absolute Gasteiger partial charge is 0.326 e. The van der Waals surface area contributed by atoms with Gasteiger partial charge in [-0.15, -0.1) is 0 Å². The predicted molar refractivity (Wildman–Crippen MR) is 71.9 cm³/mol. The third kappa shape index (κ3) is 3.41. The summed E-state index contributed by atoms with van der Waals surface area (Å²) in [7, 11) is 1.75. The van der Waals surface area contributed by atoms with E-state index in [1.165, 1.54) is 6.92 Å². The number of carbonyl (C=O) groups is 2. The molecule has 2 N–H and O–H groups in total. The maximum atomic E-state index is 11.8. The van der Waals surface area contributed by atoms with E-state index in [1.54, 1.807) is 48.3 Å². The second-order valence-electron chi connectivity index (χ2n) is 4.09. The van der Waals surface area contributed by atoms with E-state index in [2.05, 4.69) is 15.7 Å². The lowest BCUT2D eigenvalue weighted by molar-refractivity contribution is -0.114. The second-order valence-corrected chi connectivity index (χ2v) is 4.09. The number of nitrogens with one attached hydrogen (secondary N) is 2. The topological polar surface area (TPSA) is 76.0 Å². The predicted octanol–water partition coefficient (Wildman–Crippen LogP) is 1.63. The number of hydrogen-bond acceptors (Lipinski definition) is 3.